The molecule has 72 valence electrons. The molecule has 0 saturated heterocycles. The maximum atomic E-state index is 5.50. The number of aromatic nitrogens is 1. The first kappa shape index (κ1) is 10.3. The lowest BCUT2D eigenvalue weighted by molar-refractivity contribution is 0.227. The van der Waals surface area contributed by atoms with Gasteiger partial charge in [0.05, 0.1) is 13.2 Å². The molecule has 1 aromatic rings. The van der Waals surface area contributed by atoms with Gasteiger partial charge in [-0.15, -0.1) is 0 Å². The second kappa shape index (κ2) is 4.46. The molecule has 4 heteroatoms. The van der Waals surface area contributed by atoms with Gasteiger partial charge in [-0.3, -0.25) is 0 Å². The van der Waals surface area contributed by atoms with Crippen LogP contribution >= 0.6 is 15.9 Å². The molecule has 0 unspecified atom stereocenters. The van der Waals surface area contributed by atoms with Gasteiger partial charge >= 0.3 is 0 Å². The molecule has 0 aliphatic carbocycles. The van der Waals surface area contributed by atoms with Crippen LogP contribution in [0.25, 0.3) is 0 Å². The highest BCUT2D eigenvalue weighted by Crippen LogP contribution is 2.28. The molecular weight excluding hydrogens is 234 g/mol. The number of halogens is 1. The van der Waals surface area contributed by atoms with Crippen LogP contribution in [0.3, 0.4) is 0 Å². The Labute approximate surface area is 86.2 Å². The van der Waals surface area contributed by atoms with Crippen LogP contribution in [0.1, 0.15) is 13.8 Å². The maximum absolute atomic E-state index is 5.50. The molecule has 1 aromatic heterocycles. The average molecular weight is 246 g/mol. The van der Waals surface area contributed by atoms with Gasteiger partial charge in [0, 0.05) is 16.7 Å². The van der Waals surface area contributed by atoms with Gasteiger partial charge < -0.3 is 9.47 Å². The van der Waals surface area contributed by atoms with E-state index in [1.807, 2.05) is 19.9 Å². The summed E-state index contributed by atoms with van der Waals surface area (Å²) in [7, 11) is 1.57. The summed E-state index contributed by atoms with van der Waals surface area (Å²) in [6, 6.07) is 1.84. The number of pyridine rings is 1. The minimum absolute atomic E-state index is 0.116. The Morgan fingerprint density at radius 3 is 2.69 bits per heavy atom. The summed E-state index contributed by atoms with van der Waals surface area (Å²) in [4.78, 5) is 4.06. The molecule has 0 spiro atoms. The van der Waals surface area contributed by atoms with Crippen molar-refractivity contribution in [1.82, 2.24) is 4.98 Å². The Kier molecular flexibility index (Phi) is 3.54. The highest BCUT2D eigenvalue weighted by Gasteiger charge is 2.07. The van der Waals surface area contributed by atoms with E-state index in [1.165, 1.54) is 0 Å². The molecule has 1 rings (SSSR count). The molecule has 0 fully saturated rings. The number of hydrogen-bond donors (Lipinski definition) is 0. The summed E-state index contributed by atoms with van der Waals surface area (Å²) in [6.45, 7) is 3.92. The van der Waals surface area contributed by atoms with Crippen LogP contribution in [0, 0.1) is 0 Å². The van der Waals surface area contributed by atoms with Crippen LogP contribution in [0.4, 0.5) is 0 Å². The van der Waals surface area contributed by atoms with Crippen LogP contribution in [0.15, 0.2) is 16.7 Å². The fourth-order valence-corrected chi connectivity index (χ4v) is 1.21. The van der Waals surface area contributed by atoms with Crippen LogP contribution in [-0.4, -0.2) is 18.2 Å². The molecule has 0 amide bonds. The molecule has 0 radical (unpaired) electrons. The van der Waals surface area contributed by atoms with Gasteiger partial charge in [-0.05, 0) is 29.8 Å². The van der Waals surface area contributed by atoms with E-state index in [1.54, 1.807) is 13.3 Å². The van der Waals surface area contributed by atoms with E-state index in [-0.39, 0.29) is 6.10 Å². The Bertz CT molecular complexity index is 289. The van der Waals surface area contributed by atoms with Gasteiger partial charge in [-0.1, -0.05) is 0 Å². The topological polar surface area (TPSA) is 31.4 Å². The fraction of sp³-hybridized carbons (Fsp3) is 0.444. The second-order valence-corrected chi connectivity index (χ2v) is 3.74. The lowest BCUT2D eigenvalue weighted by atomic mass is 10.4. The summed E-state index contributed by atoms with van der Waals surface area (Å²) >= 11 is 3.32. The molecule has 0 aliphatic heterocycles. The van der Waals surface area contributed by atoms with E-state index >= 15 is 0 Å². The standard InChI is InChI=1S/C9H12BrNO2/c1-6(2)13-8-4-7(10)5-11-9(8)12-3/h4-6H,1-3H3. The van der Waals surface area contributed by atoms with Crippen molar-refractivity contribution in [3.05, 3.63) is 16.7 Å². The third-order valence-electron chi connectivity index (χ3n) is 1.34. The van der Waals surface area contributed by atoms with E-state index < -0.39 is 0 Å². The first-order valence-electron chi connectivity index (χ1n) is 3.99. The second-order valence-electron chi connectivity index (χ2n) is 2.83. The monoisotopic (exact) mass is 245 g/mol. The molecule has 0 saturated carbocycles. The van der Waals surface area contributed by atoms with Crippen molar-refractivity contribution >= 4 is 15.9 Å². The third kappa shape index (κ3) is 2.88. The third-order valence-corrected chi connectivity index (χ3v) is 1.77. The Hall–Kier alpha value is -0.770. The fourth-order valence-electron chi connectivity index (χ4n) is 0.900. The molecule has 0 bridgehead atoms. The summed E-state index contributed by atoms with van der Waals surface area (Å²) < 4.78 is 11.4. The molecular formula is C9H12BrNO2. The summed E-state index contributed by atoms with van der Waals surface area (Å²) in [6.07, 6.45) is 1.79. The molecule has 3 nitrogen and oxygen atoms in total. The first-order chi connectivity index (χ1) is 6.13. The van der Waals surface area contributed by atoms with Crippen LogP contribution < -0.4 is 9.47 Å². The SMILES string of the molecule is COc1ncc(Br)cc1OC(C)C. The zero-order chi connectivity index (χ0) is 9.84. The van der Waals surface area contributed by atoms with Gasteiger partial charge in [0.1, 0.15) is 0 Å². The quantitative estimate of drug-likeness (QED) is 0.821. The van der Waals surface area contributed by atoms with E-state index in [0.29, 0.717) is 11.6 Å². The normalized spacial score (nSPS) is 10.2. The lowest BCUT2D eigenvalue weighted by Crippen LogP contribution is -2.07. The van der Waals surface area contributed by atoms with Crippen molar-refractivity contribution < 1.29 is 9.47 Å². The lowest BCUT2D eigenvalue weighted by Gasteiger charge is -2.12. The van der Waals surface area contributed by atoms with Crippen molar-refractivity contribution in [1.29, 1.82) is 0 Å². The molecule has 0 N–H and O–H groups in total. The summed E-state index contributed by atoms with van der Waals surface area (Å²) in [5.74, 6) is 1.17. The van der Waals surface area contributed by atoms with Crippen molar-refractivity contribution in [2.75, 3.05) is 7.11 Å². The highest BCUT2D eigenvalue weighted by atomic mass is 79.9. The van der Waals surface area contributed by atoms with Gasteiger partial charge in [-0.25, -0.2) is 4.98 Å². The van der Waals surface area contributed by atoms with Crippen molar-refractivity contribution in [3.8, 4) is 11.6 Å². The zero-order valence-corrected chi connectivity index (χ0v) is 9.46. The average Bonchev–Trinajstić information content (AvgIpc) is 2.03. The van der Waals surface area contributed by atoms with Gasteiger partial charge in [-0.2, -0.15) is 0 Å². The number of rotatable bonds is 3. The number of ether oxygens (including phenoxy) is 2. The number of nitrogens with zero attached hydrogens (tertiary/aromatic N) is 1. The predicted molar refractivity (Wildman–Crippen MR) is 54.3 cm³/mol. The number of hydrogen-bond acceptors (Lipinski definition) is 3. The minimum atomic E-state index is 0.116. The van der Waals surface area contributed by atoms with E-state index in [0.717, 1.165) is 4.47 Å². The van der Waals surface area contributed by atoms with E-state index in [4.69, 9.17) is 9.47 Å². The molecule has 0 aliphatic rings. The Morgan fingerprint density at radius 1 is 1.46 bits per heavy atom. The van der Waals surface area contributed by atoms with Gasteiger partial charge in [0.15, 0.2) is 5.75 Å². The van der Waals surface area contributed by atoms with Gasteiger partial charge in [0.2, 0.25) is 0 Å². The molecule has 0 atom stereocenters. The van der Waals surface area contributed by atoms with Crippen molar-refractivity contribution in [2.45, 2.75) is 20.0 Å². The van der Waals surface area contributed by atoms with Crippen molar-refractivity contribution in [2.24, 2.45) is 0 Å². The summed E-state index contributed by atoms with van der Waals surface area (Å²) in [5, 5.41) is 0. The first-order valence-corrected chi connectivity index (χ1v) is 4.79. The van der Waals surface area contributed by atoms with Crippen LogP contribution in [0.2, 0.25) is 0 Å². The van der Waals surface area contributed by atoms with E-state index in [9.17, 15) is 0 Å². The van der Waals surface area contributed by atoms with E-state index in [2.05, 4.69) is 20.9 Å². The minimum Gasteiger partial charge on any atom is -0.485 e. The predicted octanol–water partition coefficient (Wildman–Crippen LogP) is 2.64. The molecule has 13 heavy (non-hydrogen) atoms. The van der Waals surface area contributed by atoms with Crippen LogP contribution in [0.5, 0.6) is 11.6 Å². The molecule has 1 heterocycles. The smallest absolute Gasteiger partial charge is 0.256 e. The highest BCUT2D eigenvalue weighted by molar-refractivity contribution is 9.10. The summed E-state index contributed by atoms with van der Waals surface area (Å²) in [5.41, 5.74) is 0. The molecule has 0 aromatic carbocycles. The largest absolute Gasteiger partial charge is 0.485 e. The number of methoxy groups -OCH3 is 1. The Balaban J connectivity index is 2.94. The maximum Gasteiger partial charge on any atom is 0.256 e. The van der Waals surface area contributed by atoms with Crippen molar-refractivity contribution in [3.63, 3.8) is 0 Å². The Morgan fingerprint density at radius 2 is 2.15 bits per heavy atom. The zero-order valence-electron chi connectivity index (χ0n) is 7.87. The van der Waals surface area contributed by atoms with Gasteiger partial charge in [0.25, 0.3) is 5.88 Å². The van der Waals surface area contributed by atoms with Crippen LogP contribution in [-0.2, 0) is 0 Å².